The van der Waals surface area contributed by atoms with E-state index in [1.54, 1.807) is 12.1 Å². The zero-order chi connectivity index (χ0) is 15.6. The van der Waals surface area contributed by atoms with Crippen LogP contribution in [0.1, 0.15) is 5.56 Å². The van der Waals surface area contributed by atoms with E-state index < -0.39 is 15.7 Å². The van der Waals surface area contributed by atoms with Crippen LogP contribution in [0.3, 0.4) is 0 Å². The molecule has 2 N–H and O–H groups in total. The van der Waals surface area contributed by atoms with Crippen molar-refractivity contribution in [3.05, 3.63) is 62.1 Å². The molecule has 1 unspecified atom stereocenters. The molecule has 0 saturated carbocycles. The summed E-state index contributed by atoms with van der Waals surface area (Å²) in [6.45, 7) is 0. The molecule has 0 aliphatic rings. The van der Waals surface area contributed by atoms with Crippen LogP contribution in [0.2, 0.25) is 10.0 Å². The van der Waals surface area contributed by atoms with Gasteiger partial charge in [0, 0.05) is 22.3 Å². The Hall–Kier alpha value is -1.63. The van der Waals surface area contributed by atoms with Crippen LogP contribution in [0.4, 0.5) is 11.4 Å². The van der Waals surface area contributed by atoms with Crippen LogP contribution in [0.5, 0.6) is 0 Å². The Labute approximate surface area is 133 Å². The highest BCUT2D eigenvalue weighted by Crippen LogP contribution is 2.28. The summed E-state index contributed by atoms with van der Waals surface area (Å²) in [6, 6.07) is 8.86. The van der Waals surface area contributed by atoms with Crippen molar-refractivity contribution in [2.45, 2.75) is 10.6 Å². The first-order valence-electron chi connectivity index (χ1n) is 5.74. The molecule has 0 fully saturated rings. The van der Waals surface area contributed by atoms with Gasteiger partial charge in [0.2, 0.25) is 0 Å². The summed E-state index contributed by atoms with van der Waals surface area (Å²) in [7, 11) is -1.52. The van der Waals surface area contributed by atoms with Crippen LogP contribution in [-0.4, -0.2) is 9.13 Å². The number of benzene rings is 2. The molecule has 2 rings (SSSR count). The topological polar surface area (TPSA) is 86.2 Å². The molecule has 5 nitrogen and oxygen atoms in total. The van der Waals surface area contributed by atoms with Crippen LogP contribution in [0, 0.1) is 10.1 Å². The summed E-state index contributed by atoms with van der Waals surface area (Å²) in [5.74, 6) is -0.0306. The number of rotatable bonds is 4. The Morgan fingerprint density at radius 1 is 1.19 bits per heavy atom. The second-order valence-corrected chi connectivity index (χ2v) is 6.47. The fourth-order valence-corrected chi connectivity index (χ4v) is 3.54. The molecule has 2 aromatic rings. The minimum absolute atomic E-state index is 0.0306. The van der Waals surface area contributed by atoms with Crippen molar-refractivity contribution in [1.82, 2.24) is 0 Å². The van der Waals surface area contributed by atoms with Gasteiger partial charge in [0.25, 0.3) is 5.69 Å². The predicted octanol–water partition coefficient (Wildman–Crippen LogP) is 3.79. The summed E-state index contributed by atoms with van der Waals surface area (Å²) in [5, 5.41) is 11.5. The maximum atomic E-state index is 12.3. The lowest BCUT2D eigenvalue weighted by atomic mass is 10.2. The maximum absolute atomic E-state index is 12.3. The van der Waals surface area contributed by atoms with E-state index in [0.717, 1.165) is 0 Å². The molecule has 0 aliphatic carbocycles. The number of nitrogen functional groups attached to an aromatic ring is 1. The van der Waals surface area contributed by atoms with Gasteiger partial charge in [-0.15, -0.1) is 0 Å². The van der Waals surface area contributed by atoms with Crippen molar-refractivity contribution in [2.75, 3.05) is 5.73 Å². The van der Waals surface area contributed by atoms with Crippen LogP contribution in [0.25, 0.3) is 0 Å². The first-order valence-corrected chi connectivity index (χ1v) is 7.82. The van der Waals surface area contributed by atoms with Crippen LogP contribution < -0.4 is 5.73 Å². The monoisotopic (exact) mass is 344 g/mol. The maximum Gasteiger partial charge on any atom is 0.275 e. The second kappa shape index (κ2) is 6.43. The molecule has 0 amide bonds. The first kappa shape index (κ1) is 15.8. The summed E-state index contributed by atoms with van der Waals surface area (Å²) in [4.78, 5) is 10.8. The Morgan fingerprint density at radius 2 is 1.90 bits per heavy atom. The lowest BCUT2D eigenvalue weighted by Crippen LogP contribution is -2.02. The highest BCUT2D eigenvalue weighted by molar-refractivity contribution is 7.84. The molecule has 8 heteroatoms. The zero-order valence-corrected chi connectivity index (χ0v) is 12.9. The molecule has 21 heavy (non-hydrogen) atoms. The SMILES string of the molecule is Nc1ccc(S(=O)Cc2ccc(Cl)cc2[N+](=O)[O-])c(Cl)c1. The number of nitro benzene ring substituents is 1. The molecule has 0 heterocycles. The fraction of sp³-hybridized carbons (Fsp3) is 0.0769. The Morgan fingerprint density at radius 3 is 2.52 bits per heavy atom. The summed E-state index contributed by atoms with van der Waals surface area (Å²) >= 11 is 11.7. The predicted molar refractivity (Wildman–Crippen MR) is 84.1 cm³/mol. The number of hydrogen-bond donors (Lipinski definition) is 1. The van der Waals surface area contributed by atoms with E-state index in [2.05, 4.69) is 0 Å². The fourth-order valence-electron chi connectivity index (χ4n) is 1.75. The third-order valence-corrected chi connectivity index (χ3v) is 4.81. The number of nitrogens with two attached hydrogens (primary N) is 1. The number of halogens is 2. The summed E-state index contributed by atoms with van der Waals surface area (Å²) in [6.07, 6.45) is 0. The smallest absolute Gasteiger partial charge is 0.275 e. The van der Waals surface area contributed by atoms with Crippen LogP contribution >= 0.6 is 23.2 Å². The van der Waals surface area contributed by atoms with Crippen molar-refractivity contribution in [3.63, 3.8) is 0 Å². The van der Waals surface area contributed by atoms with Crippen molar-refractivity contribution < 1.29 is 9.13 Å². The standard InChI is InChI=1S/C13H10Cl2N2O3S/c14-9-2-1-8(12(5-9)17(18)19)7-21(20)13-4-3-10(16)6-11(13)15/h1-6H,7,16H2. The van der Waals surface area contributed by atoms with Gasteiger partial charge >= 0.3 is 0 Å². The van der Waals surface area contributed by atoms with E-state index in [9.17, 15) is 14.3 Å². The molecule has 0 aliphatic heterocycles. The average molecular weight is 345 g/mol. The Balaban J connectivity index is 2.34. The number of nitro groups is 1. The van der Waals surface area contributed by atoms with Crippen molar-refractivity contribution in [3.8, 4) is 0 Å². The molecule has 2 aromatic carbocycles. The van der Waals surface area contributed by atoms with E-state index in [1.165, 1.54) is 24.3 Å². The molecule has 0 saturated heterocycles. The van der Waals surface area contributed by atoms with Gasteiger partial charge in [-0.25, -0.2) is 0 Å². The van der Waals surface area contributed by atoms with Crippen LogP contribution in [-0.2, 0) is 16.6 Å². The quantitative estimate of drug-likeness (QED) is 0.519. The normalized spacial score (nSPS) is 12.1. The minimum Gasteiger partial charge on any atom is -0.399 e. The Kier molecular flexibility index (Phi) is 4.82. The molecule has 0 bridgehead atoms. The largest absolute Gasteiger partial charge is 0.399 e. The van der Waals surface area contributed by atoms with E-state index in [-0.39, 0.29) is 21.5 Å². The third-order valence-electron chi connectivity index (χ3n) is 2.73. The van der Waals surface area contributed by atoms with Gasteiger partial charge in [-0.1, -0.05) is 23.2 Å². The molecule has 1 atom stereocenters. The van der Waals surface area contributed by atoms with Crippen molar-refractivity contribution >= 4 is 45.4 Å². The molecule has 0 aromatic heterocycles. The van der Waals surface area contributed by atoms with Gasteiger partial charge in [0.1, 0.15) is 0 Å². The lowest BCUT2D eigenvalue weighted by Gasteiger charge is -2.06. The van der Waals surface area contributed by atoms with E-state index in [0.29, 0.717) is 16.1 Å². The van der Waals surface area contributed by atoms with Gasteiger partial charge in [-0.3, -0.25) is 14.3 Å². The minimum atomic E-state index is -1.52. The highest BCUT2D eigenvalue weighted by atomic mass is 35.5. The summed E-state index contributed by atoms with van der Waals surface area (Å²) in [5.41, 5.74) is 6.19. The van der Waals surface area contributed by atoms with E-state index >= 15 is 0 Å². The van der Waals surface area contributed by atoms with Crippen LogP contribution in [0.15, 0.2) is 41.3 Å². The molecule has 0 radical (unpaired) electrons. The van der Waals surface area contributed by atoms with E-state index in [4.69, 9.17) is 28.9 Å². The molecule has 0 spiro atoms. The highest BCUT2D eigenvalue weighted by Gasteiger charge is 2.18. The van der Waals surface area contributed by atoms with E-state index in [1.807, 2.05) is 0 Å². The van der Waals surface area contributed by atoms with Crippen molar-refractivity contribution in [1.29, 1.82) is 0 Å². The number of nitrogens with zero attached hydrogens (tertiary/aromatic N) is 1. The number of hydrogen-bond acceptors (Lipinski definition) is 4. The van der Waals surface area contributed by atoms with Gasteiger partial charge in [-0.2, -0.15) is 0 Å². The third kappa shape index (κ3) is 3.72. The molecular weight excluding hydrogens is 335 g/mol. The van der Waals surface area contributed by atoms with Gasteiger partial charge < -0.3 is 5.73 Å². The van der Waals surface area contributed by atoms with Gasteiger partial charge in [0.15, 0.2) is 0 Å². The van der Waals surface area contributed by atoms with Gasteiger partial charge in [-0.05, 0) is 30.3 Å². The zero-order valence-electron chi connectivity index (χ0n) is 10.6. The molecular formula is C13H10Cl2N2O3S. The van der Waals surface area contributed by atoms with Gasteiger partial charge in [0.05, 0.1) is 31.4 Å². The number of anilines is 1. The first-order chi connectivity index (χ1) is 9.88. The van der Waals surface area contributed by atoms with Crippen molar-refractivity contribution in [2.24, 2.45) is 0 Å². The Bertz CT molecular complexity index is 737. The lowest BCUT2D eigenvalue weighted by molar-refractivity contribution is -0.385. The summed E-state index contributed by atoms with van der Waals surface area (Å²) < 4.78 is 12.3. The second-order valence-electron chi connectivity index (χ2n) is 4.21. The average Bonchev–Trinajstić information content (AvgIpc) is 2.40. The molecule has 110 valence electrons.